The first-order valence-corrected chi connectivity index (χ1v) is 6.74. The predicted molar refractivity (Wildman–Crippen MR) is 80.6 cm³/mol. The fourth-order valence-corrected chi connectivity index (χ4v) is 2.54. The maximum atomic E-state index is 5.38. The summed E-state index contributed by atoms with van der Waals surface area (Å²) in [6, 6.07) is 6.37. The van der Waals surface area contributed by atoms with Gasteiger partial charge in [-0.1, -0.05) is 12.2 Å². The molecule has 0 atom stereocenters. The summed E-state index contributed by atoms with van der Waals surface area (Å²) in [6.45, 7) is 0. The first-order chi connectivity index (χ1) is 9.81. The lowest BCUT2D eigenvalue weighted by molar-refractivity contribution is 0.356. The zero-order chi connectivity index (χ0) is 13.9. The molecule has 1 aromatic heterocycles. The molecule has 4 nitrogen and oxygen atoms in total. The molecule has 0 aliphatic heterocycles. The SMILES string of the molecule is COc1cc2ccnc(NC3CC=CC3)c2cc1OC. The smallest absolute Gasteiger partial charge is 0.161 e. The van der Waals surface area contributed by atoms with E-state index in [0.29, 0.717) is 6.04 Å². The maximum Gasteiger partial charge on any atom is 0.161 e. The first kappa shape index (κ1) is 12.8. The summed E-state index contributed by atoms with van der Waals surface area (Å²) in [5.41, 5.74) is 0. The minimum Gasteiger partial charge on any atom is -0.493 e. The molecule has 2 aromatic rings. The van der Waals surface area contributed by atoms with Gasteiger partial charge >= 0.3 is 0 Å². The van der Waals surface area contributed by atoms with Gasteiger partial charge in [0.25, 0.3) is 0 Å². The van der Waals surface area contributed by atoms with Crippen LogP contribution in [0.4, 0.5) is 5.82 Å². The van der Waals surface area contributed by atoms with Crippen molar-refractivity contribution in [1.29, 1.82) is 0 Å². The Morgan fingerprint density at radius 3 is 2.50 bits per heavy atom. The third-order valence-corrected chi connectivity index (χ3v) is 3.62. The summed E-state index contributed by atoms with van der Waals surface area (Å²) < 4.78 is 10.7. The van der Waals surface area contributed by atoms with Crippen LogP contribution in [-0.2, 0) is 0 Å². The number of aromatic nitrogens is 1. The van der Waals surface area contributed by atoms with Gasteiger partial charge in [-0.25, -0.2) is 4.98 Å². The molecule has 0 spiro atoms. The van der Waals surface area contributed by atoms with E-state index in [-0.39, 0.29) is 0 Å². The van der Waals surface area contributed by atoms with Crippen molar-refractivity contribution in [3.63, 3.8) is 0 Å². The van der Waals surface area contributed by atoms with Gasteiger partial charge in [0.2, 0.25) is 0 Å². The number of nitrogens with one attached hydrogen (secondary N) is 1. The van der Waals surface area contributed by atoms with E-state index < -0.39 is 0 Å². The van der Waals surface area contributed by atoms with Gasteiger partial charge in [0.15, 0.2) is 11.5 Å². The summed E-state index contributed by atoms with van der Waals surface area (Å²) in [4.78, 5) is 4.47. The second-order valence-corrected chi connectivity index (χ2v) is 4.87. The number of fused-ring (bicyclic) bond motifs is 1. The molecule has 0 fully saturated rings. The fourth-order valence-electron chi connectivity index (χ4n) is 2.54. The molecule has 0 saturated heterocycles. The van der Waals surface area contributed by atoms with Crippen LogP contribution in [-0.4, -0.2) is 25.2 Å². The highest BCUT2D eigenvalue weighted by atomic mass is 16.5. The Labute approximate surface area is 118 Å². The van der Waals surface area contributed by atoms with Crippen molar-refractivity contribution in [3.8, 4) is 11.5 Å². The van der Waals surface area contributed by atoms with Crippen molar-refractivity contribution in [2.45, 2.75) is 18.9 Å². The Hall–Kier alpha value is -2.23. The fraction of sp³-hybridized carbons (Fsp3) is 0.312. The molecule has 1 heterocycles. The van der Waals surface area contributed by atoms with Crippen LogP contribution in [0.25, 0.3) is 10.8 Å². The van der Waals surface area contributed by atoms with Crippen molar-refractivity contribution in [3.05, 3.63) is 36.5 Å². The average Bonchev–Trinajstić information content (AvgIpc) is 2.99. The van der Waals surface area contributed by atoms with Gasteiger partial charge in [-0.2, -0.15) is 0 Å². The second-order valence-electron chi connectivity index (χ2n) is 4.87. The van der Waals surface area contributed by atoms with E-state index in [4.69, 9.17) is 9.47 Å². The molecule has 1 aliphatic rings. The summed E-state index contributed by atoms with van der Waals surface area (Å²) in [5.74, 6) is 2.36. The largest absolute Gasteiger partial charge is 0.493 e. The Kier molecular flexibility index (Phi) is 3.46. The third-order valence-electron chi connectivity index (χ3n) is 3.62. The minimum absolute atomic E-state index is 0.432. The molecule has 1 aliphatic carbocycles. The monoisotopic (exact) mass is 270 g/mol. The average molecular weight is 270 g/mol. The van der Waals surface area contributed by atoms with Crippen LogP contribution in [0.1, 0.15) is 12.8 Å². The van der Waals surface area contributed by atoms with Crippen molar-refractivity contribution < 1.29 is 9.47 Å². The highest BCUT2D eigenvalue weighted by molar-refractivity contribution is 5.94. The van der Waals surface area contributed by atoms with Crippen molar-refractivity contribution >= 4 is 16.6 Å². The van der Waals surface area contributed by atoms with Gasteiger partial charge in [-0.3, -0.25) is 0 Å². The van der Waals surface area contributed by atoms with Crippen LogP contribution in [0.3, 0.4) is 0 Å². The molecule has 4 heteroatoms. The van der Waals surface area contributed by atoms with Gasteiger partial charge < -0.3 is 14.8 Å². The lowest BCUT2D eigenvalue weighted by Crippen LogP contribution is -2.16. The van der Waals surface area contributed by atoms with Gasteiger partial charge in [0.1, 0.15) is 5.82 Å². The molecule has 3 rings (SSSR count). The van der Waals surface area contributed by atoms with E-state index in [1.54, 1.807) is 14.2 Å². The van der Waals surface area contributed by atoms with Gasteiger partial charge in [0.05, 0.1) is 14.2 Å². The van der Waals surface area contributed by atoms with Crippen molar-refractivity contribution in [2.75, 3.05) is 19.5 Å². The number of hydrogen-bond acceptors (Lipinski definition) is 4. The zero-order valence-electron chi connectivity index (χ0n) is 11.7. The lowest BCUT2D eigenvalue weighted by Gasteiger charge is -2.16. The molecule has 0 bridgehead atoms. The van der Waals surface area contributed by atoms with E-state index in [1.165, 1.54) is 0 Å². The molecule has 1 aromatic carbocycles. The Bertz CT molecular complexity index is 644. The number of nitrogens with zero attached hydrogens (tertiary/aromatic N) is 1. The molecule has 20 heavy (non-hydrogen) atoms. The maximum absolute atomic E-state index is 5.38. The Balaban J connectivity index is 2.03. The van der Waals surface area contributed by atoms with E-state index in [2.05, 4.69) is 22.5 Å². The predicted octanol–water partition coefficient (Wildman–Crippen LogP) is 3.38. The standard InChI is InChI=1S/C16H18N2O2/c1-19-14-9-11-7-8-17-16(13(11)10-15(14)20-2)18-12-5-3-4-6-12/h3-4,7-10,12H,5-6H2,1-2H3,(H,17,18). The summed E-state index contributed by atoms with van der Waals surface area (Å²) in [7, 11) is 3.29. The molecular weight excluding hydrogens is 252 g/mol. The molecule has 0 amide bonds. The minimum atomic E-state index is 0.432. The Morgan fingerprint density at radius 1 is 1.10 bits per heavy atom. The quantitative estimate of drug-likeness (QED) is 0.865. The van der Waals surface area contributed by atoms with E-state index in [9.17, 15) is 0 Å². The zero-order valence-corrected chi connectivity index (χ0v) is 11.7. The number of anilines is 1. The summed E-state index contributed by atoms with van der Waals surface area (Å²) in [5, 5.41) is 5.64. The number of ether oxygens (including phenoxy) is 2. The number of benzene rings is 1. The van der Waals surface area contributed by atoms with Crippen LogP contribution in [0.5, 0.6) is 11.5 Å². The van der Waals surface area contributed by atoms with E-state index in [0.717, 1.165) is 40.9 Å². The number of rotatable bonds is 4. The molecule has 1 N–H and O–H groups in total. The molecule has 0 saturated carbocycles. The topological polar surface area (TPSA) is 43.4 Å². The molecule has 104 valence electrons. The number of hydrogen-bond donors (Lipinski definition) is 1. The van der Waals surface area contributed by atoms with E-state index in [1.807, 2.05) is 24.4 Å². The van der Waals surface area contributed by atoms with Crippen LogP contribution >= 0.6 is 0 Å². The summed E-state index contributed by atoms with van der Waals surface area (Å²) in [6.07, 6.45) is 8.31. The van der Waals surface area contributed by atoms with Crippen LogP contribution in [0.2, 0.25) is 0 Å². The third kappa shape index (κ3) is 2.29. The molecule has 0 unspecified atom stereocenters. The van der Waals surface area contributed by atoms with Gasteiger partial charge in [0, 0.05) is 17.6 Å². The number of pyridine rings is 1. The Morgan fingerprint density at radius 2 is 1.80 bits per heavy atom. The van der Waals surface area contributed by atoms with Crippen LogP contribution in [0.15, 0.2) is 36.5 Å². The van der Waals surface area contributed by atoms with Crippen LogP contribution in [0, 0.1) is 0 Å². The summed E-state index contributed by atoms with van der Waals surface area (Å²) >= 11 is 0. The normalized spacial score (nSPS) is 14.7. The second kappa shape index (κ2) is 5.41. The lowest BCUT2D eigenvalue weighted by atomic mass is 10.1. The first-order valence-electron chi connectivity index (χ1n) is 6.74. The number of methoxy groups -OCH3 is 2. The molecular formula is C16H18N2O2. The highest BCUT2D eigenvalue weighted by Crippen LogP contribution is 2.35. The molecule has 0 radical (unpaired) electrons. The van der Waals surface area contributed by atoms with Gasteiger partial charge in [-0.05, 0) is 36.4 Å². The van der Waals surface area contributed by atoms with Gasteiger partial charge in [-0.15, -0.1) is 0 Å². The van der Waals surface area contributed by atoms with Crippen molar-refractivity contribution in [1.82, 2.24) is 4.98 Å². The van der Waals surface area contributed by atoms with E-state index >= 15 is 0 Å². The van der Waals surface area contributed by atoms with Crippen molar-refractivity contribution in [2.24, 2.45) is 0 Å². The highest BCUT2D eigenvalue weighted by Gasteiger charge is 2.14. The van der Waals surface area contributed by atoms with Crippen LogP contribution < -0.4 is 14.8 Å².